The minimum Gasteiger partial charge on any atom is -0.342 e. The Kier molecular flexibility index (Phi) is 3.76. The zero-order valence-electron chi connectivity index (χ0n) is 11.5. The fraction of sp³-hybridized carbons (Fsp3) is 0.929. The quantitative estimate of drug-likeness (QED) is 0.811. The number of nitrogens with zero attached hydrogens (tertiary/aromatic N) is 1. The van der Waals surface area contributed by atoms with Crippen LogP contribution in [-0.2, 0) is 4.79 Å². The smallest absolute Gasteiger partial charge is 0.226 e. The molecule has 1 amide bonds. The normalized spacial score (nSPS) is 26.2. The van der Waals surface area contributed by atoms with Crippen molar-refractivity contribution in [2.45, 2.75) is 40.0 Å². The van der Waals surface area contributed by atoms with Gasteiger partial charge in [-0.15, -0.1) is 0 Å². The van der Waals surface area contributed by atoms with Crippen LogP contribution in [0.15, 0.2) is 0 Å². The number of rotatable bonds is 4. The van der Waals surface area contributed by atoms with Crippen molar-refractivity contribution >= 4 is 5.91 Å². The van der Waals surface area contributed by atoms with E-state index in [0.29, 0.717) is 23.2 Å². The fourth-order valence-electron chi connectivity index (χ4n) is 3.21. The summed E-state index contributed by atoms with van der Waals surface area (Å²) in [5, 5.41) is 3.39. The van der Waals surface area contributed by atoms with E-state index in [-0.39, 0.29) is 0 Å². The minimum absolute atomic E-state index is 0.336. The molecule has 0 bridgehead atoms. The maximum Gasteiger partial charge on any atom is 0.226 e. The Morgan fingerprint density at radius 2 is 2.06 bits per heavy atom. The lowest BCUT2D eigenvalue weighted by Crippen LogP contribution is -2.38. The lowest BCUT2D eigenvalue weighted by molar-refractivity contribution is -0.134. The SMILES string of the molecule is CCN(CC(C)C)C(=O)C1CC12CCNCC2. The molecule has 1 saturated heterocycles. The number of nitrogens with one attached hydrogen (secondary N) is 1. The highest BCUT2D eigenvalue weighted by Gasteiger charge is 2.58. The van der Waals surface area contributed by atoms with Gasteiger partial charge in [0.05, 0.1) is 0 Å². The maximum absolute atomic E-state index is 12.5. The van der Waals surface area contributed by atoms with Crippen LogP contribution >= 0.6 is 0 Å². The van der Waals surface area contributed by atoms with E-state index in [1.165, 1.54) is 12.8 Å². The van der Waals surface area contributed by atoms with Crippen molar-refractivity contribution in [3.63, 3.8) is 0 Å². The summed E-state index contributed by atoms with van der Waals surface area (Å²) in [6.45, 7) is 10.4. The Bertz CT molecular complexity index is 282. The molecule has 3 heteroatoms. The van der Waals surface area contributed by atoms with Gasteiger partial charge in [0.15, 0.2) is 0 Å². The van der Waals surface area contributed by atoms with E-state index in [4.69, 9.17) is 0 Å². The molecule has 17 heavy (non-hydrogen) atoms. The van der Waals surface area contributed by atoms with E-state index >= 15 is 0 Å². The van der Waals surface area contributed by atoms with Crippen LogP contribution in [0.3, 0.4) is 0 Å². The monoisotopic (exact) mass is 238 g/mol. The van der Waals surface area contributed by atoms with Gasteiger partial charge in [0.25, 0.3) is 0 Å². The van der Waals surface area contributed by atoms with Gasteiger partial charge in [-0.25, -0.2) is 0 Å². The molecule has 2 rings (SSSR count). The van der Waals surface area contributed by atoms with Crippen LogP contribution in [0.2, 0.25) is 0 Å². The second-order valence-electron chi connectivity index (χ2n) is 6.14. The highest BCUT2D eigenvalue weighted by atomic mass is 16.2. The lowest BCUT2D eigenvalue weighted by atomic mass is 9.91. The van der Waals surface area contributed by atoms with Crippen molar-refractivity contribution in [1.82, 2.24) is 10.2 Å². The zero-order valence-corrected chi connectivity index (χ0v) is 11.5. The summed E-state index contributed by atoms with van der Waals surface area (Å²) < 4.78 is 0. The highest BCUT2D eigenvalue weighted by Crippen LogP contribution is 2.59. The number of carbonyl (C=O) groups excluding carboxylic acids is 1. The van der Waals surface area contributed by atoms with Crippen molar-refractivity contribution in [3.05, 3.63) is 0 Å². The first-order chi connectivity index (χ1) is 8.09. The summed E-state index contributed by atoms with van der Waals surface area (Å²) in [6, 6.07) is 0. The Balaban J connectivity index is 1.92. The molecule has 0 aromatic heterocycles. The van der Waals surface area contributed by atoms with Crippen molar-refractivity contribution in [2.24, 2.45) is 17.3 Å². The summed E-state index contributed by atoms with van der Waals surface area (Å²) in [5.74, 6) is 1.33. The Morgan fingerprint density at radius 1 is 1.41 bits per heavy atom. The third-order valence-corrected chi connectivity index (χ3v) is 4.37. The van der Waals surface area contributed by atoms with Crippen LogP contribution in [0.5, 0.6) is 0 Å². The van der Waals surface area contributed by atoms with Crippen LogP contribution in [0.4, 0.5) is 0 Å². The molecule has 1 N–H and O–H groups in total. The predicted octanol–water partition coefficient (Wildman–Crippen LogP) is 1.88. The van der Waals surface area contributed by atoms with Gasteiger partial charge in [0, 0.05) is 19.0 Å². The molecule has 3 nitrogen and oxygen atoms in total. The van der Waals surface area contributed by atoms with Gasteiger partial charge in [0.2, 0.25) is 5.91 Å². The molecule has 1 saturated carbocycles. The molecule has 1 spiro atoms. The third-order valence-electron chi connectivity index (χ3n) is 4.37. The maximum atomic E-state index is 12.5. The Hall–Kier alpha value is -0.570. The summed E-state index contributed by atoms with van der Waals surface area (Å²) in [6.07, 6.45) is 3.54. The van der Waals surface area contributed by atoms with Gasteiger partial charge >= 0.3 is 0 Å². The molecule has 1 unspecified atom stereocenters. The van der Waals surface area contributed by atoms with Crippen LogP contribution in [-0.4, -0.2) is 37.0 Å². The van der Waals surface area contributed by atoms with Crippen molar-refractivity contribution in [2.75, 3.05) is 26.2 Å². The highest BCUT2D eigenvalue weighted by molar-refractivity contribution is 5.82. The number of hydrogen-bond donors (Lipinski definition) is 1. The van der Waals surface area contributed by atoms with Crippen LogP contribution in [0.25, 0.3) is 0 Å². The molecule has 2 aliphatic rings. The van der Waals surface area contributed by atoms with Gasteiger partial charge in [-0.05, 0) is 50.6 Å². The van der Waals surface area contributed by atoms with Crippen molar-refractivity contribution < 1.29 is 4.79 Å². The molecule has 0 aromatic carbocycles. The minimum atomic E-state index is 0.336. The van der Waals surface area contributed by atoms with Gasteiger partial charge in [-0.3, -0.25) is 4.79 Å². The summed E-state index contributed by atoms with van der Waals surface area (Å²) >= 11 is 0. The molecule has 0 aromatic rings. The van der Waals surface area contributed by atoms with E-state index < -0.39 is 0 Å². The van der Waals surface area contributed by atoms with Gasteiger partial charge in [0.1, 0.15) is 0 Å². The summed E-state index contributed by atoms with van der Waals surface area (Å²) in [5.41, 5.74) is 0.382. The van der Waals surface area contributed by atoms with Gasteiger partial charge in [-0.1, -0.05) is 13.8 Å². The van der Waals surface area contributed by atoms with E-state index in [0.717, 1.165) is 32.6 Å². The number of hydrogen-bond acceptors (Lipinski definition) is 2. The van der Waals surface area contributed by atoms with E-state index in [1.807, 2.05) is 0 Å². The Morgan fingerprint density at radius 3 is 2.59 bits per heavy atom. The van der Waals surface area contributed by atoms with Crippen LogP contribution in [0.1, 0.15) is 40.0 Å². The van der Waals surface area contributed by atoms with E-state index in [9.17, 15) is 4.79 Å². The van der Waals surface area contributed by atoms with Crippen molar-refractivity contribution in [3.8, 4) is 0 Å². The Labute approximate surface area is 105 Å². The number of amides is 1. The first-order valence-electron chi connectivity index (χ1n) is 7.08. The molecule has 1 atom stereocenters. The molecule has 1 aliphatic heterocycles. The van der Waals surface area contributed by atoms with E-state index in [2.05, 4.69) is 31.0 Å². The zero-order chi connectivity index (χ0) is 12.5. The van der Waals surface area contributed by atoms with Crippen LogP contribution in [0, 0.1) is 17.3 Å². The first-order valence-corrected chi connectivity index (χ1v) is 7.08. The number of carbonyl (C=O) groups is 1. The second-order valence-corrected chi connectivity index (χ2v) is 6.14. The van der Waals surface area contributed by atoms with Crippen LogP contribution < -0.4 is 5.32 Å². The predicted molar refractivity (Wildman–Crippen MR) is 69.7 cm³/mol. The average molecular weight is 238 g/mol. The molecule has 0 radical (unpaired) electrons. The van der Waals surface area contributed by atoms with E-state index in [1.54, 1.807) is 0 Å². The standard InChI is InChI=1S/C14H26N2O/c1-4-16(10-11(2)3)13(17)12-9-14(12)5-7-15-8-6-14/h11-12,15H,4-10H2,1-3H3. The number of piperidine rings is 1. The molecule has 2 fully saturated rings. The molecule has 1 aliphatic carbocycles. The second kappa shape index (κ2) is 4.97. The molecular weight excluding hydrogens is 212 g/mol. The first kappa shape index (κ1) is 12.9. The summed E-state index contributed by atoms with van der Waals surface area (Å²) in [4.78, 5) is 14.5. The van der Waals surface area contributed by atoms with Gasteiger partial charge in [-0.2, -0.15) is 0 Å². The third kappa shape index (κ3) is 2.65. The summed E-state index contributed by atoms with van der Waals surface area (Å²) in [7, 11) is 0. The largest absolute Gasteiger partial charge is 0.342 e. The van der Waals surface area contributed by atoms with Crippen molar-refractivity contribution in [1.29, 1.82) is 0 Å². The molecular formula is C14H26N2O. The van der Waals surface area contributed by atoms with Gasteiger partial charge < -0.3 is 10.2 Å². The fourth-order valence-corrected chi connectivity index (χ4v) is 3.21. The topological polar surface area (TPSA) is 32.3 Å². The molecule has 1 heterocycles. The molecule has 98 valence electrons. The average Bonchev–Trinajstić information content (AvgIpc) is 2.99. The lowest BCUT2D eigenvalue weighted by Gasteiger charge is -2.27.